The molecule has 1 aromatic rings. The Balaban J connectivity index is 2.61. The normalized spacial score (nSPS) is 12.7. The molecule has 4 heteroatoms. The fourth-order valence-corrected chi connectivity index (χ4v) is 2.19. The van der Waals surface area contributed by atoms with Crippen LogP contribution < -0.4 is 11.1 Å². The molecule has 1 rings (SSSR count). The highest BCUT2D eigenvalue weighted by molar-refractivity contribution is 5.78. The molecule has 3 N–H and O–H groups in total. The van der Waals surface area contributed by atoms with E-state index in [0.29, 0.717) is 19.0 Å². The molecule has 0 aliphatic rings. The summed E-state index contributed by atoms with van der Waals surface area (Å²) in [4.78, 5) is 14.0. The lowest BCUT2D eigenvalue weighted by Crippen LogP contribution is -2.39. The van der Waals surface area contributed by atoms with E-state index < -0.39 is 0 Å². The Morgan fingerprint density at radius 2 is 1.95 bits per heavy atom. The molecule has 0 saturated heterocycles. The van der Waals surface area contributed by atoms with E-state index >= 15 is 0 Å². The summed E-state index contributed by atoms with van der Waals surface area (Å²) in [5, 5.41) is 2.95. The Morgan fingerprint density at radius 1 is 1.30 bits per heavy atom. The summed E-state index contributed by atoms with van der Waals surface area (Å²) >= 11 is 0. The number of nitrogens with one attached hydrogen (secondary N) is 1. The second kappa shape index (κ2) is 8.72. The van der Waals surface area contributed by atoms with E-state index in [4.69, 9.17) is 5.73 Å². The van der Waals surface area contributed by atoms with Gasteiger partial charge in [0.25, 0.3) is 0 Å². The van der Waals surface area contributed by atoms with Crippen LogP contribution in [0.1, 0.15) is 31.9 Å². The summed E-state index contributed by atoms with van der Waals surface area (Å²) in [6.45, 7) is 5.90. The second-order valence-corrected chi connectivity index (χ2v) is 5.62. The summed E-state index contributed by atoms with van der Waals surface area (Å²) < 4.78 is 0. The van der Waals surface area contributed by atoms with Gasteiger partial charge in [-0.3, -0.25) is 9.69 Å². The van der Waals surface area contributed by atoms with Gasteiger partial charge in [-0.25, -0.2) is 0 Å². The van der Waals surface area contributed by atoms with Gasteiger partial charge >= 0.3 is 0 Å². The first kappa shape index (κ1) is 16.7. The van der Waals surface area contributed by atoms with Crippen LogP contribution in [0.25, 0.3) is 0 Å². The highest BCUT2D eigenvalue weighted by Gasteiger charge is 2.18. The Morgan fingerprint density at radius 3 is 2.50 bits per heavy atom. The lowest BCUT2D eigenvalue weighted by molar-refractivity contribution is -0.122. The van der Waals surface area contributed by atoms with Crippen molar-refractivity contribution in [2.45, 2.75) is 26.3 Å². The van der Waals surface area contributed by atoms with Crippen LogP contribution in [0, 0.1) is 5.92 Å². The van der Waals surface area contributed by atoms with Gasteiger partial charge in [0.1, 0.15) is 0 Å². The molecule has 0 fully saturated rings. The van der Waals surface area contributed by atoms with Gasteiger partial charge in [0, 0.05) is 12.6 Å². The Labute approximate surface area is 122 Å². The topological polar surface area (TPSA) is 58.4 Å². The Kier molecular flexibility index (Phi) is 7.26. The molecule has 112 valence electrons. The Hall–Kier alpha value is -1.39. The van der Waals surface area contributed by atoms with E-state index in [2.05, 4.69) is 36.2 Å². The second-order valence-electron chi connectivity index (χ2n) is 5.62. The van der Waals surface area contributed by atoms with Gasteiger partial charge in [0.15, 0.2) is 0 Å². The predicted octanol–water partition coefficient (Wildman–Crippen LogP) is 1.78. The van der Waals surface area contributed by atoms with Gasteiger partial charge in [-0.1, -0.05) is 44.2 Å². The number of likely N-dealkylation sites (N-methyl/N-ethyl adjacent to an activating group) is 1. The van der Waals surface area contributed by atoms with Crippen LogP contribution in [0.2, 0.25) is 0 Å². The minimum absolute atomic E-state index is 0.0687. The Bertz CT molecular complexity index is 392. The SMILES string of the molecule is CC(C)CNC(=O)CN(C)C(CCN)c1ccccc1. The maximum absolute atomic E-state index is 11.9. The maximum atomic E-state index is 11.9. The fourth-order valence-electron chi connectivity index (χ4n) is 2.19. The first-order valence-electron chi connectivity index (χ1n) is 7.26. The molecular weight excluding hydrogens is 250 g/mol. The zero-order valence-corrected chi connectivity index (χ0v) is 12.8. The summed E-state index contributed by atoms with van der Waals surface area (Å²) in [7, 11) is 1.97. The number of benzene rings is 1. The molecule has 0 radical (unpaired) electrons. The minimum atomic E-state index is 0.0687. The van der Waals surface area contributed by atoms with Crippen molar-refractivity contribution in [3.05, 3.63) is 35.9 Å². The van der Waals surface area contributed by atoms with E-state index in [9.17, 15) is 4.79 Å². The first-order chi connectivity index (χ1) is 9.54. The predicted molar refractivity (Wildman–Crippen MR) is 83.3 cm³/mol. The van der Waals surface area contributed by atoms with Crippen molar-refractivity contribution >= 4 is 5.91 Å². The van der Waals surface area contributed by atoms with E-state index in [1.807, 2.05) is 25.2 Å². The summed E-state index contributed by atoms with van der Waals surface area (Å²) in [5.41, 5.74) is 6.91. The van der Waals surface area contributed by atoms with Crippen molar-refractivity contribution in [2.24, 2.45) is 11.7 Å². The third kappa shape index (κ3) is 5.72. The minimum Gasteiger partial charge on any atom is -0.355 e. The van der Waals surface area contributed by atoms with Crippen molar-refractivity contribution < 1.29 is 4.79 Å². The molecule has 1 aromatic carbocycles. The number of nitrogens with zero attached hydrogens (tertiary/aromatic N) is 1. The lowest BCUT2D eigenvalue weighted by atomic mass is 10.0. The van der Waals surface area contributed by atoms with Crippen molar-refractivity contribution in [1.82, 2.24) is 10.2 Å². The van der Waals surface area contributed by atoms with E-state index in [1.165, 1.54) is 5.56 Å². The van der Waals surface area contributed by atoms with E-state index in [0.717, 1.165) is 13.0 Å². The van der Waals surface area contributed by atoms with Crippen molar-refractivity contribution in [2.75, 3.05) is 26.7 Å². The first-order valence-corrected chi connectivity index (χ1v) is 7.26. The average molecular weight is 277 g/mol. The third-order valence-corrected chi connectivity index (χ3v) is 3.26. The van der Waals surface area contributed by atoms with Crippen molar-refractivity contribution in [3.8, 4) is 0 Å². The molecule has 1 atom stereocenters. The van der Waals surface area contributed by atoms with Gasteiger partial charge in [0.2, 0.25) is 5.91 Å². The van der Waals surface area contributed by atoms with Crippen molar-refractivity contribution in [1.29, 1.82) is 0 Å². The molecule has 0 spiro atoms. The zero-order valence-electron chi connectivity index (χ0n) is 12.8. The van der Waals surface area contributed by atoms with E-state index in [-0.39, 0.29) is 11.9 Å². The third-order valence-electron chi connectivity index (χ3n) is 3.26. The number of rotatable bonds is 8. The van der Waals surface area contributed by atoms with E-state index in [1.54, 1.807) is 0 Å². The molecule has 0 heterocycles. The molecule has 1 unspecified atom stereocenters. The number of carbonyl (C=O) groups is 1. The molecule has 0 bridgehead atoms. The monoisotopic (exact) mass is 277 g/mol. The summed E-state index contributed by atoms with van der Waals surface area (Å²) in [5.74, 6) is 0.539. The van der Waals surface area contributed by atoms with Crippen LogP contribution in [-0.4, -0.2) is 37.5 Å². The highest BCUT2D eigenvalue weighted by Crippen LogP contribution is 2.21. The molecule has 0 saturated carbocycles. The van der Waals surface area contributed by atoms with Crippen LogP contribution in [0.4, 0.5) is 0 Å². The lowest BCUT2D eigenvalue weighted by Gasteiger charge is -2.27. The van der Waals surface area contributed by atoms with Gasteiger partial charge in [-0.05, 0) is 31.5 Å². The molecule has 4 nitrogen and oxygen atoms in total. The quantitative estimate of drug-likeness (QED) is 0.761. The van der Waals surface area contributed by atoms with Crippen LogP contribution in [0.15, 0.2) is 30.3 Å². The number of nitrogens with two attached hydrogens (primary N) is 1. The average Bonchev–Trinajstić information content (AvgIpc) is 2.43. The number of carbonyl (C=O) groups excluding carboxylic acids is 1. The van der Waals surface area contributed by atoms with Gasteiger partial charge < -0.3 is 11.1 Å². The van der Waals surface area contributed by atoms with Crippen molar-refractivity contribution in [3.63, 3.8) is 0 Å². The standard InChI is InChI=1S/C16H27N3O/c1-13(2)11-18-16(20)12-19(3)15(9-10-17)14-7-5-4-6-8-14/h4-8,13,15H,9-12,17H2,1-3H3,(H,18,20). The smallest absolute Gasteiger partial charge is 0.234 e. The van der Waals surface area contributed by atoms with Crippen LogP contribution in [-0.2, 0) is 4.79 Å². The summed E-state index contributed by atoms with van der Waals surface area (Å²) in [6.07, 6.45) is 0.845. The molecule has 20 heavy (non-hydrogen) atoms. The van der Waals surface area contributed by atoms with Gasteiger partial charge in [0.05, 0.1) is 6.54 Å². The maximum Gasteiger partial charge on any atom is 0.234 e. The molecule has 1 amide bonds. The molecule has 0 aromatic heterocycles. The van der Waals surface area contributed by atoms with Crippen LogP contribution in [0.3, 0.4) is 0 Å². The molecular formula is C16H27N3O. The highest BCUT2D eigenvalue weighted by atomic mass is 16.2. The number of hydrogen-bond acceptors (Lipinski definition) is 3. The van der Waals surface area contributed by atoms with Gasteiger partial charge in [-0.2, -0.15) is 0 Å². The molecule has 0 aliphatic carbocycles. The largest absolute Gasteiger partial charge is 0.355 e. The zero-order chi connectivity index (χ0) is 15.0. The number of amides is 1. The molecule has 0 aliphatic heterocycles. The fraction of sp³-hybridized carbons (Fsp3) is 0.562. The van der Waals surface area contributed by atoms with Gasteiger partial charge in [-0.15, -0.1) is 0 Å². The number of hydrogen-bond donors (Lipinski definition) is 2. The summed E-state index contributed by atoms with van der Waals surface area (Å²) in [6, 6.07) is 10.4. The van der Waals surface area contributed by atoms with Crippen LogP contribution >= 0.6 is 0 Å². The van der Waals surface area contributed by atoms with Crippen LogP contribution in [0.5, 0.6) is 0 Å².